The Morgan fingerprint density at radius 1 is 1.32 bits per heavy atom. The fraction of sp³-hybridized carbons (Fsp3) is 0.400. The lowest BCUT2D eigenvalue weighted by atomic mass is 10.1. The molecular weight excluding hydrogens is 302 g/mol. The van der Waals surface area contributed by atoms with Crippen LogP contribution in [0.2, 0.25) is 0 Å². The highest BCUT2D eigenvalue weighted by atomic mass is 32.2. The minimum Gasteiger partial charge on any atom is -0.374 e. The maximum atomic E-state index is 12.0. The number of aromatic nitrogens is 2. The Bertz CT molecular complexity index is 683. The molecule has 0 bridgehead atoms. The van der Waals surface area contributed by atoms with Crippen molar-refractivity contribution >= 4 is 10.0 Å². The van der Waals surface area contributed by atoms with Crippen LogP contribution in [0.3, 0.4) is 0 Å². The van der Waals surface area contributed by atoms with Crippen LogP contribution in [0.15, 0.2) is 47.6 Å². The molecule has 0 aliphatic rings. The van der Waals surface area contributed by atoms with Crippen LogP contribution in [0, 0.1) is 0 Å². The number of hydrogen-bond donors (Lipinski definition) is 1. The molecule has 1 heterocycles. The third kappa shape index (κ3) is 4.66. The van der Waals surface area contributed by atoms with E-state index < -0.39 is 10.0 Å². The summed E-state index contributed by atoms with van der Waals surface area (Å²) in [6.45, 7) is 2.81. The molecule has 2 aromatic rings. The third-order valence-corrected chi connectivity index (χ3v) is 4.66. The van der Waals surface area contributed by atoms with Gasteiger partial charge in [0, 0.05) is 26.4 Å². The highest BCUT2D eigenvalue weighted by molar-refractivity contribution is 7.89. The van der Waals surface area contributed by atoms with Gasteiger partial charge in [0.05, 0.1) is 12.3 Å². The van der Waals surface area contributed by atoms with Crippen molar-refractivity contribution in [3.05, 3.63) is 48.3 Å². The fourth-order valence-electron chi connectivity index (χ4n) is 1.98. The summed E-state index contributed by atoms with van der Waals surface area (Å²) in [6, 6.07) is 9.92. The van der Waals surface area contributed by atoms with Crippen LogP contribution in [-0.4, -0.2) is 31.3 Å². The Morgan fingerprint density at radius 3 is 2.68 bits per heavy atom. The predicted molar refractivity (Wildman–Crippen MR) is 83.8 cm³/mol. The van der Waals surface area contributed by atoms with Crippen molar-refractivity contribution < 1.29 is 13.2 Å². The molecule has 120 valence electrons. The Hall–Kier alpha value is -1.70. The summed E-state index contributed by atoms with van der Waals surface area (Å²) in [5.41, 5.74) is 1.11. The Labute approximate surface area is 131 Å². The van der Waals surface area contributed by atoms with E-state index in [1.807, 2.05) is 37.3 Å². The second-order valence-corrected chi connectivity index (χ2v) is 6.79. The second kappa shape index (κ2) is 7.53. The molecule has 0 unspecified atom stereocenters. The highest BCUT2D eigenvalue weighted by Gasteiger charge is 2.15. The van der Waals surface area contributed by atoms with Crippen LogP contribution in [0.4, 0.5) is 0 Å². The van der Waals surface area contributed by atoms with Gasteiger partial charge in [0.15, 0.2) is 0 Å². The minimum absolute atomic E-state index is 0.00358. The van der Waals surface area contributed by atoms with Crippen molar-refractivity contribution in [2.75, 3.05) is 13.2 Å². The summed E-state index contributed by atoms with van der Waals surface area (Å²) in [5.74, 6) is 0. The number of ether oxygens (including phenoxy) is 1. The third-order valence-electron chi connectivity index (χ3n) is 3.24. The van der Waals surface area contributed by atoms with Gasteiger partial charge in [-0.1, -0.05) is 30.3 Å². The van der Waals surface area contributed by atoms with Crippen molar-refractivity contribution in [2.24, 2.45) is 7.05 Å². The molecule has 0 saturated carbocycles. The first-order chi connectivity index (χ1) is 10.5. The summed E-state index contributed by atoms with van der Waals surface area (Å²) < 4.78 is 33.6. The number of benzene rings is 1. The average Bonchev–Trinajstić information content (AvgIpc) is 2.95. The van der Waals surface area contributed by atoms with Gasteiger partial charge in [0.1, 0.15) is 4.90 Å². The van der Waals surface area contributed by atoms with Crippen molar-refractivity contribution in [2.45, 2.75) is 24.3 Å². The molecule has 1 atom stereocenters. The highest BCUT2D eigenvalue weighted by Crippen LogP contribution is 2.15. The Kier molecular flexibility index (Phi) is 5.70. The Balaban J connectivity index is 1.71. The SMILES string of the molecule is C[C@H](OCCCNS(=O)(=O)c1cnn(C)c1)c1ccccc1. The molecule has 7 heteroatoms. The smallest absolute Gasteiger partial charge is 0.243 e. The number of aryl methyl sites for hydroxylation is 1. The van der Waals surface area contributed by atoms with E-state index in [2.05, 4.69) is 9.82 Å². The number of rotatable bonds is 8. The number of sulfonamides is 1. The zero-order valence-electron chi connectivity index (χ0n) is 12.8. The monoisotopic (exact) mass is 323 g/mol. The van der Waals surface area contributed by atoms with E-state index in [1.54, 1.807) is 7.05 Å². The molecule has 1 aromatic carbocycles. The summed E-state index contributed by atoms with van der Waals surface area (Å²) in [4.78, 5) is 0.175. The van der Waals surface area contributed by atoms with Gasteiger partial charge in [0.2, 0.25) is 10.0 Å². The van der Waals surface area contributed by atoms with Crippen LogP contribution in [0.5, 0.6) is 0 Å². The maximum absolute atomic E-state index is 12.0. The number of nitrogens with zero attached hydrogens (tertiary/aromatic N) is 2. The first-order valence-electron chi connectivity index (χ1n) is 7.14. The molecule has 2 rings (SSSR count). The normalized spacial score (nSPS) is 13.2. The van der Waals surface area contributed by atoms with Crippen LogP contribution >= 0.6 is 0 Å². The van der Waals surface area contributed by atoms with E-state index >= 15 is 0 Å². The van der Waals surface area contributed by atoms with Crippen LogP contribution < -0.4 is 4.72 Å². The quantitative estimate of drug-likeness (QED) is 0.753. The largest absolute Gasteiger partial charge is 0.374 e. The van der Waals surface area contributed by atoms with Gasteiger partial charge in [-0.05, 0) is 18.9 Å². The second-order valence-electron chi connectivity index (χ2n) is 5.02. The van der Waals surface area contributed by atoms with Crippen molar-refractivity contribution in [1.82, 2.24) is 14.5 Å². The summed E-state index contributed by atoms with van der Waals surface area (Å²) in [5, 5.41) is 3.86. The molecule has 0 aliphatic carbocycles. The van der Waals surface area contributed by atoms with E-state index in [0.717, 1.165) is 5.56 Å². The van der Waals surface area contributed by atoms with Gasteiger partial charge in [-0.15, -0.1) is 0 Å². The minimum atomic E-state index is -3.48. The zero-order valence-corrected chi connectivity index (χ0v) is 13.6. The summed E-state index contributed by atoms with van der Waals surface area (Å²) in [7, 11) is -1.80. The van der Waals surface area contributed by atoms with Crippen molar-refractivity contribution in [3.63, 3.8) is 0 Å². The lowest BCUT2D eigenvalue weighted by Gasteiger charge is -2.13. The molecule has 0 saturated heterocycles. The molecule has 0 radical (unpaired) electrons. The Morgan fingerprint density at radius 2 is 2.05 bits per heavy atom. The van der Waals surface area contributed by atoms with Gasteiger partial charge in [0.25, 0.3) is 0 Å². The lowest BCUT2D eigenvalue weighted by molar-refractivity contribution is 0.0647. The topological polar surface area (TPSA) is 73.2 Å². The van der Waals surface area contributed by atoms with Crippen molar-refractivity contribution in [3.8, 4) is 0 Å². The van der Waals surface area contributed by atoms with E-state index in [0.29, 0.717) is 19.6 Å². The van der Waals surface area contributed by atoms with E-state index in [9.17, 15) is 8.42 Å². The van der Waals surface area contributed by atoms with Crippen LogP contribution in [0.25, 0.3) is 0 Å². The van der Waals surface area contributed by atoms with Gasteiger partial charge >= 0.3 is 0 Å². The van der Waals surface area contributed by atoms with Crippen LogP contribution in [0.1, 0.15) is 25.0 Å². The molecule has 0 spiro atoms. The maximum Gasteiger partial charge on any atom is 0.243 e. The summed E-state index contributed by atoms with van der Waals surface area (Å²) in [6.07, 6.45) is 3.40. The standard InChI is InChI=1S/C15H21N3O3S/c1-13(14-7-4-3-5-8-14)21-10-6-9-17-22(19,20)15-11-16-18(2)12-15/h3-5,7-8,11-13,17H,6,9-10H2,1-2H3/t13-/m0/s1. The van der Waals surface area contributed by atoms with Gasteiger partial charge in [-0.3, -0.25) is 4.68 Å². The van der Waals surface area contributed by atoms with E-state index in [4.69, 9.17) is 4.74 Å². The number of nitrogens with one attached hydrogen (secondary N) is 1. The summed E-state index contributed by atoms with van der Waals surface area (Å²) >= 11 is 0. The van der Waals surface area contributed by atoms with Crippen LogP contribution in [-0.2, 0) is 21.8 Å². The molecule has 6 nitrogen and oxygen atoms in total. The molecule has 0 fully saturated rings. The van der Waals surface area contributed by atoms with Gasteiger partial charge < -0.3 is 4.74 Å². The zero-order chi connectivity index (χ0) is 16.0. The molecule has 0 aliphatic heterocycles. The molecule has 22 heavy (non-hydrogen) atoms. The first kappa shape index (κ1) is 16.7. The molecular formula is C15H21N3O3S. The fourth-order valence-corrected chi connectivity index (χ4v) is 3.04. The van der Waals surface area contributed by atoms with E-state index in [1.165, 1.54) is 17.1 Å². The first-order valence-corrected chi connectivity index (χ1v) is 8.62. The number of hydrogen-bond acceptors (Lipinski definition) is 4. The molecule has 1 aromatic heterocycles. The van der Waals surface area contributed by atoms with Crippen molar-refractivity contribution in [1.29, 1.82) is 0 Å². The predicted octanol–water partition coefficient (Wildman–Crippen LogP) is 1.87. The van der Waals surface area contributed by atoms with E-state index in [-0.39, 0.29) is 11.0 Å². The van der Waals surface area contributed by atoms with Gasteiger partial charge in [-0.2, -0.15) is 5.10 Å². The van der Waals surface area contributed by atoms with Gasteiger partial charge in [-0.25, -0.2) is 13.1 Å². The lowest BCUT2D eigenvalue weighted by Crippen LogP contribution is -2.25. The molecule has 0 amide bonds. The average molecular weight is 323 g/mol. The molecule has 1 N–H and O–H groups in total.